The Labute approximate surface area is 144 Å². The molecule has 0 atom stereocenters. The summed E-state index contributed by atoms with van der Waals surface area (Å²) in [7, 11) is -3.55. The molecule has 0 aromatic heterocycles. The summed E-state index contributed by atoms with van der Waals surface area (Å²) >= 11 is 0. The van der Waals surface area contributed by atoms with E-state index in [1.165, 1.54) is 32.1 Å². The highest BCUT2D eigenvalue weighted by Gasteiger charge is 2.15. The minimum atomic E-state index is -3.55. The third-order valence-electron chi connectivity index (χ3n) is 4.41. The van der Waals surface area contributed by atoms with Crippen molar-refractivity contribution in [1.29, 1.82) is 0 Å². The highest BCUT2D eigenvalue weighted by molar-refractivity contribution is 7.92. The van der Waals surface area contributed by atoms with E-state index in [4.69, 9.17) is 0 Å². The Kier molecular flexibility index (Phi) is 5.09. The van der Waals surface area contributed by atoms with Crippen molar-refractivity contribution < 1.29 is 8.42 Å². The zero-order valence-corrected chi connectivity index (χ0v) is 14.8. The second-order valence-corrected chi connectivity index (χ2v) is 8.16. The summed E-state index contributed by atoms with van der Waals surface area (Å²) in [6.45, 7) is 1.88. The molecule has 0 heterocycles. The molecule has 0 radical (unpaired) electrons. The van der Waals surface area contributed by atoms with E-state index in [0.29, 0.717) is 11.7 Å². The Morgan fingerprint density at radius 3 is 2.25 bits per heavy atom. The fourth-order valence-electron chi connectivity index (χ4n) is 3.11. The third-order valence-corrected chi connectivity index (χ3v) is 5.79. The molecule has 0 unspecified atom stereocenters. The second-order valence-electron chi connectivity index (χ2n) is 6.48. The molecule has 3 rings (SSSR count). The predicted octanol–water partition coefficient (Wildman–Crippen LogP) is 4.54. The van der Waals surface area contributed by atoms with Crippen LogP contribution in [0.3, 0.4) is 0 Å². The summed E-state index contributed by atoms with van der Waals surface area (Å²) in [4.78, 5) is 0.284. The van der Waals surface area contributed by atoms with Gasteiger partial charge in [-0.15, -0.1) is 0 Å². The van der Waals surface area contributed by atoms with E-state index >= 15 is 0 Å². The topological polar surface area (TPSA) is 58.2 Å². The normalized spacial score (nSPS) is 15.9. The smallest absolute Gasteiger partial charge is 0.261 e. The molecule has 0 saturated heterocycles. The maximum absolute atomic E-state index is 12.4. The average molecular weight is 344 g/mol. The van der Waals surface area contributed by atoms with E-state index in [-0.39, 0.29) is 4.90 Å². The first-order chi connectivity index (χ1) is 11.5. The molecule has 1 aliphatic rings. The van der Waals surface area contributed by atoms with Gasteiger partial charge in [-0.25, -0.2) is 8.42 Å². The van der Waals surface area contributed by atoms with Crippen LogP contribution in [0.25, 0.3) is 0 Å². The molecule has 0 spiro atoms. The molecule has 2 aromatic carbocycles. The lowest BCUT2D eigenvalue weighted by molar-refractivity contribution is 0.463. The zero-order valence-electron chi connectivity index (χ0n) is 14.0. The summed E-state index contributed by atoms with van der Waals surface area (Å²) in [5, 5.41) is 3.53. The van der Waals surface area contributed by atoms with Crippen LogP contribution in [0, 0.1) is 6.92 Å². The number of anilines is 2. The molecule has 2 N–H and O–H groups in total. The van der Waals surface area contributed by atoms with Gasteiger partial charge in [-0.05, 0) is 61.7 Å². The average Bonchev–Trinajstić information content (AvgIpc) is 2.57. The number of sulfonamides is 1. The first-order valence-corrected chi connectivity index (χ1v) is 9.97. The molecule has 128 valence electrons. The van der Waals surface area contributed by atoms with Crippen molar-refractivity contribution >= 4 is 21.4 Å². The van der Waals surface area contributed by atoms with Crippen LogP contribution in [0.2, 0.25) is 0 Å². The molecule has 4 nitrogen and oxygen atoms in total. The molecule has 2 aromatic rings. The van der Waals surface area contributed by atoms with Crippen molar-refractivity contribution in [2.75, 3.05) is 10.0 Å². The second kappa shape index (κ2) is 7.26. The largest absolute Gasteiger partial charge is 0.382 e. The van der Waals surface area contributed by atoms with Crippen LogP contribution in [0.5, 0.6) is 0 Å². The van der Waals surface area contributed by atoms with Gasteiger partial charge in [-0.1, -0.05) is 31.4 Å². The first-order valence-electron chi connectivity index (χ1n) is 8.49. The van der Waals surface area contributed by atoms with Crippen LogP contribution in [0.1, 0.15) is 37.7 Å². The van der Waals surface area contributed by atoms with Crippen LogP contribution in [0.15, 0.2) is 53.4 Å². The highest BCUT2D eigenvalue weighted by Crippen LogP contribution is 2.23. The van der Waals surface area contributed by atoms with Gasteiger partial charge in [0.1, 0.15) is 0 Å². The number of hydrogen-bond acceptors (Lipinski definition) is 3. The minimum Gasteiger partial charge on any atom is -0.382 e. The molecule has 5 heteroatoms. The molecule has 24 heavy (non-hydrogen) atoms. The van der Waals surface area contributed by atoms with Crippen LogP contribution in [-0.4, -0.2) is 14.5 Å². The fourth-order valence-corrected chi connectivity index (χ4v) is 4.28. The maximum atomic E-state index is 12.4. The van der Waals surface area contributed by atoms with E-state index in [1.807, 2.05) is 25.1 Å². The summed E-state index contributed by atoms with van der Waals surface area (Å²) in [5.74, 6) is 0. The minimum absolute atomic E-state index is 0.284. The van der Waals surface area contributed by atoms with E-state index in [0.717, 1.165) is 11.3 Å². The number of aryl methyl sites for hydroxylation is 1. The van der Waals surface area contributed by atoms with Gasteiger partial charge in [0.25, 0.3) is 10.0 Å². The van der Waals surface area contributed by atoms with E-state index < -0.39 is 10.0 Å². The van der Waals surface area contributed by atoms with Gasteiger partial charge >= 0.3 is 0 Å². The maximum Gasteiger partial charge on any atom is 0.261 e. The summed E-state index contributed by atoms with van der Waals surface area (Å²) in [6.07, 6.45) is 6.32. The van der Waals surface area contributed by atoms with Gasteiger partial charge in [0.05, 0.1) is 4.90 Å². The van der Waals surface area contributed by atoms with Crippen molar-refractivity contribution in [2.45, 2.75) is 50.0 Å². The van der Waals surface area contributed by atoms with Crippen molar-refractivity contribution in [1.82, 2.24) is 0 Å². The summed E-state index contributed by atoms with van der Waals surface area (Å²) < 4.78 is 27.5. The predicted molar refractivity (Wildman–Crippen MR) is 98.9 cm³/mol. The quantitative estimate of drug-likeness (QED) is 0.837. The Morgan fingerprint density at radius 1 is 0.917 bits per heavy atom. The van der Waals surface area contributed by atoms with Gasteiger partial charge in [0.15, 0.2) is 0 Å². The zero-order chi connectivity index (χ0) is 17.0. The highest BCUT2D eigenvalue weighted by atomic mass is 32.2. The number of nitrogens with one attached hydrogen (secondary N) is 2. The Morgan fingerprint density at radius 2 is 1.58 bits per heavy atom. The van der Waals surface area contributed by atoms with Crippen LogP contribution >= 0.6 is 0 Å². The monoisotopic (exact) mass is 344 g/mol. The van der Waals surface area contributed by atoms with Gasteiger partial charge in [0.2, 0.25) is 0 Å². The van der Waals surface area contributed by atoms with Gasteiger partial charge in [-0.3, -0.25) is 4.72 Å². The van der Waals surface area contributed by atoms with E-state index in [1.54, 1.807) is 30.3 Å². The fraction of sp³-hybridized carbons (Fsp3) is 0.368. The molecule has 0 aliphatic heterocycles. The molecular formula is C19H24N2O2S. The van der Waals surface area contributed by atoms with Crippen LogP contribution in [-0.2, 0) is 10.0 Å². The van der Waals surface area contributed by atoms with Crippen LogP contribution < -0.4 is 10.0 Å². The molecule has 0 amide bonds. The van der Waals surface area contributed by atoms with Crippen molar-refractivity contribution in [2.24, 2.45) is 0 Å². The SMILES string of the molecule is Cc1cccc(S(=O)(=O)Nc2ccc(NC3CCCCC3)cc2)c1. The molecule has 1 fully saturated rings. The van der Waals surface area contributed by atoms with Crippen LogP contribution in [0.4, 0.5) is 11.4 Å². The third kappa shape index (κ3) is 4.29. The Hall–Kier alpha value is -2.01. The van der Waals surface area contributed by atoms with Gasteiger partial charge in [0, 0.05) is 17.4 Å². The number of hydrogen-bond donors (Lipinski definition) is 2. The van der Waals surface area contributed by atoms with Gasteiger partial charge < -0.3 is 5.32 Å². The van der Waals surface area contributed by atoms with Gasteiger partial charge in [-0.2, -0.15) is 0 Å². The molecule has 1 aliphatic carbocycles. The Balaban J connectivity index is 1.67. The summed E-state index contributed by atoms with van der Waals surface area (Å²) in [6, 6.07) is 14.9. The lowest BCUT2D eigenvalue weighted by Crippen LogP contribution is -2.22. The number of rotatable bonds is 5. The Bertz CT molecular complexity index is 779. The molecule has 1 saturated carbocycles. The molecule has 0 bridgehead atoms. The lowest BCUT2D eigenvalue weighted by atomic mass is 9.95. The standard InChI is InChI=1S/C19H24N2O2S/c1-15-6-5-9-19(14-15)24(22,23)21-18-12-10-17(11-13-18)20-16-7-3-2-4-8-16/h5-6,9-14,16,20-21H,2-4,7-8H2,1H3. The van der Waals surface area contributed by atoms with E-state index in [2.05, 4.69) is 10.0 Å². The van der Waals surface area contributed by atoms with Crippen molar-refractivity contribution in [3.05, 3.63) is 54.1 Å². The lowest BCUT2D eigenvalue weighted by Gasteiger charge is -2.24. The number of benzene rings is 2. The van der Waals surface area contributed by atoms with Crippen molar-refractivity contribution in [3.8, 4) is 0 Å². The van der Waals surface area contributed by atoms with E-state index in [9.17, 15) is 8.42 Å². The summed E-state index contributed by atoms with van der Waals surface area (Å²) in [5.41, 5.74) is 2.54. The molecular weight excluding hydrogens is 320 g/mol. The first kappa shape index (κ1) is 16.8. The van der Waals surface area contributed by atoms with Crippen molar-refractivity contribution in [3.63, 3.8) is 0 Å².